The Morgan fingerprint density at radius 1 is 1.00 bits per heavy atom. The van der Waals surface area contributed by atoms with E-state index in [4.69, 9.17) is 4.74 Å². The highest BCUT2D eigenvalue weighted by Gasteiger charge is 2.23. The number of hydrogen-bond acceptors (Lipinski definition) is 4. The molecule has 1 aliphatic heterocycles. The molecule has 1 N–H and O–H groups in total. The lowest BCUT2D eigenvalue weighted by Crippen LogP contribution is -2.43. The minimum Gasteiger partial charge on any atom is -0.379 e. The van der Waals surface area contributed by atoms with Crippen molar-refractivity contribution in [1.29, 1.82) is 0 Å². The summed E-state index contributed by atoms with van der Waals surface area (Å²) < 4.78 is 5.46. The van der Waals surface area contributed by atoms with E-state index in [-0.39, 0.29) is 30.6 Å². The topological polar surface area (TPSA) is 58.6 Å². The van der Waals surface area contributed by atoms with Gasteiger partial charge in [0.25, 0.3) is 0 Å². The first-order valence-electron chi connectivity index (χ1n) is 9.87. The first-order chi connectivity index (χ1) is 13.6. The second-order valence-corrected chi connectivity index (χ2v) is 7.17. The number of morpholine rings is 1. The van der Waals surface area contributed by atoms with Crippen molar-refractivity contribution in [2.24, 2.45) is 0 Å². The van der Waals surface area contributed by atoms with Crippen LogP contribution in [-0.2, 0) is 9.53 Å². The number of carbonyl (C=O) groups is 2. The molecular weight excluding hydrogens is 352 g/mol. The van der Waals surface area contributed by atoms with Gasteiger partial charge in [0.1, 0.15) is 0 Å². The molecule has 1 unspecified atom stereocenters. The van der Waals surface area contributed by atoms with E-state index in [1.165, 1.54) is 5.56 Å². The molecule has 0 bridgehead atoms. The number of nitrogens with one attached hydrogen (secondary N) is 1. The average molecular weight is 380 g/mol. The van der Waals surface area contributed by atoms with Gasteiger partial charge in [-0.25, -0.2) is 0 Å². The molecule has 28 heavy (non-hydrogen) atoms. The summed E-state index contributed by atoms with van der Waals surface area (Å²) in [7, 11) is 0. The number of hydrogen-bond donors (Lipinski definition) is 1. The van der Waals surface area contributed by atoms with E-state index in [0.717, 1.165) is 18.7 Å². The number of amides is 1. The van der Waals surface area contributed by atoms with Gasteiger partial charge in [0, 0.05) is 38.0 Å². The van der Waals surface area contributed by atoms with Crippen LogP contribution in [0.1, 0.15) is 40.4 Å². The van der Waals surface area contributed by atoms with Gasteiger partial charge in [-0.15, -0.1) is 0 Å². The zero-order valence-electron chi connectivity index (χ0n) is 16.4. The van der Waals surface area contributed by atoms with Crippen molar-refractivity contribution in [3.05, 3.63) is 71.3 Å². The number of rotatable bonds is 8. The molecule has 1 amide bonds. The Balaban J connectivity index is 1.53. The van der Waals surface area contributed by atoms with Crippen LogP contribution in [-0.4, -0.2) is 49.4 Å². The number of benzene rings is 2. The Hall–Kier alpha value is -2.50. The Morgan fingerprint density at radius 3 is 2.36 bits per heavy atom. The van der Waals surface area contributed by atoms with Gasteiger partial charge in [0.05, 0.1) is 19.3 Å². The van der Waals surface area contributed by atoms with Gasteiger partial charge in [-0.2, -0.15) is 0 Å². The minimum atomic E-state index is -0.0883. The van der Waals surface area contributed by atoms with Gasteiger partial charge in [-0.3, -0.25) is 14.5 Å². The van der Waals surface area contributed by atoms with E-state index in [1.807, 2.05) is 49.4 Å². The summed E-state index contributed by atoms with van der Waals surface area (Å²) in [5.74, 6) is -0.0856. The molecule has 1 fully saturated rings. The molecule has 1 atom stereocenters. The van der Waals surface area contributed by atoms with Crippen LogP contribution >= 0.6 is 0 Å². The van der Waals surface area contributed by atoms with Crippen molar-refractivity contribution in [3.63, 3.8) is 0 Å². The lowest BCUT2D eigenvalue weighted by molar-refractivity contribution is -0.121. The van der Waals surface area contributed by atoms with E-state index in [2.05, 4.69) is 22.3 Å². The molecule has 1 heterocycles. The molecule has 0 aliphatic carbocycles. The third-order valence-electron chi connectivity index (χ3n) is 5.12. The van der Waals surface area contributed by atoms with Gasteiger partial charge in [0.2, 0.25) is 5.91 Å². The van der Waals surface area contributed by atoms with Crippen molar-refractivity contribution < 1.29 is 14.3 Å². The zero-order chi connectivity index (χ0) is 19.8. The van der Waals surface area contributed by atoms with E-state index in [9.17, 15) is 9.59 Å². The highest BCUT2D eigenvalue weighted by atomic mass is 16.5. The first kappa shape index (κ1) is 20.2. The molecule has 0 aromatic heterocycles. The van der Waals surface area contributed by atoms with Gasteiger partial charge >= 0.3 is 0 Å². The second kappa shape index (κ2) is 10.2. The van der Waals surface area contributed by atoms with Gasteiger partial charge in [-0.1, -0.05) is 60.2 Å². The third-order valence-corrected chi connectivity index (χ3v) is 5.12. The SMILES string of the molecule is Cc1ccc(C(=O)CCC(=O)NCC(c2ccccc2)N2CCOCC2)cc1. The number of carbonyl (C=O) groups excluding carboxylic acids is 2. The highest BCUT2D eigenvalue weighted by molar-refractivity contribution is 5.97. The van der Waals surface area contributed by atoms with E-state index in [1.54, 1.807) is 0 Å². The normalized spacial score (nSPS) is 15.8. The first-order valence-corrected chi connectivity index (χ1v) is 9.87. The standard InChI is InChI=1S/C23H28N2O3/c1-18-7-9-20(10-8-18)22(26)11-12-23(27)24-17-21(19-5-3-2-4-6-19)25-13-15-28-16-14-25/h2-10,21H,11-17H2,1H3,(H,24,27). The number of aryl methyl sites for hydroxylation is 1. The van der Waals surface area contributed by atoms with Crippen LogP contribution in [0.25, 0.3) is 0 Å². The third kappa shape index (κ3) is 5.75. The fourth-order valence-corrected chi connectivity index (χ4v) is 3.43. The molecule has 3 rings (SSSR count). The van der Waals surface area contributed by atoms with Crippen LogP contribution in [0.5, 0.6) is 0 Å². The average Bonchev–Trinajstić information content (AvgIpc) is 2.74. The summed E-state index contributed by atoms with van der Waals surface area (Å²) in [5, 5.41) is 3.02. The Morgan fingerprint density at radius 2 is 1.68 bits per heavy atom. The summed E-state index contributed by atoms with van der Waals surface area (Å²) >= 11 is 0. The van der Waals surface area contributed by atoms with E-state index < -0.39 is 0 Å². The zero-order valence-corrected chi connectivity index (χ0v) is 16.4. The molecule has 2 aromatic carbocycles. The molecule has 1 aliphatic rings. The second-order valence-electron chi connectivity index (χ2n) is 7.17. The van der Waals surface area contributed by atoms with E-state index >= 15 is 0 Å². The number of ketones is 1. The molecule has 148 valence electrons. The minimum absolute atomic E-state index is 0.00272. The van der Waals surface area contributed by atoms with Crippen LogP contribution in [0.15, 0.2) is 54.6 Å². The predicted octanol–water partition coefficient (Wildman–Crippen LogP) is 3.15. The van der Waals surface area contributed by atoms with Crippen LogP contribution in [0, 0.1) is 6.92 Å². The van der Waals surface area contributed by atoms with Crippen molar-refractivity contribution in [3.8, 4) is 0 Å². The van der Waals surface area contributed by atoms with Crippen molar-refractivity contribution in [2.45, 2.75) is 25.8 Å². The fraction of sp³-hybridized carbons (Fsp3) is 0.391. The maximum absolute atomic E-state index is 12.3. The van der Waals surface area contributed by atoms with Crippen molar-refractivity contribution >= 4 is 11.7 Å². The lowest BCUT2D eigenvalue weighted by atomic mass is 10.0. The van der Waals surface area contributed by atoms with Crippen molar-refractivity contribution in [1.82, 2.24) is 10.2 Å². The van der Waals surface area contributed by atoms with Crippen LogP contribution < -0.4 is 5.32 Å². The Labute approximate surface area is 166 Å². The largest absolute Gasteiger partial charge is 0.379 e. The molecule has 0 saturated carbocycles. The summed E-state index contributed by atoms with van der Waals surface area (Å²) in [6.07, 6.45) is 0.430. The maximum atomic E-state index is 12.3. The molecular formula is C23H28N2O3. The van der Waals surface area contributed by atoms with E-state index in [0.29, 0.717) is 25.3 Å². The van der Waals surface area contributed by atoms with Gasteiger partial charge < -0.3 is 10.1 Å². The molecule has 5 nitrogen and oxygen atoms in total. The summed E-state index contributed by atoms with van der Waals surface area (Å²) in [4.78, 5) is 27.0. The van der Waals surface area contributed by atoms with Gasteiger partial charge in [0.15, 0.2) is 5.78 Å². The Bertz CT molecular complexity index is 768. The predicted molar refractivity (Wildman–Crippen MR) is 109 cm³/mol. The monoisotopic (exact) mass is 380 g/mol. The molecule has 0 spiro atoms. The molecule has 2 aromatic rings. The quantitative estimate of drug-likeness (QED) is 0.715. The van der Waals surface area contributed by atoms with Crippen LogP contribution in [0.4, 0.5) is 0 Å². The number of Topliss-reactive ketones (excluding diaryl/α,β-unsaturated/α-hetero) is 1. The van der Waals surface area contributed by atoms with Gasteiger partial charge in [-0.05, 0) is 12.5 Å². The summed E-state index contributed by atoms with van der Waals surface area (Å²) in [6.45, 7) is 5.63. The van der Waals surface area contributed by atoms with Crippen LogP contribution in [0.2, 0.25) is 0 Å². The molecule has 0 radical (unpaired) electrons. The molecule has 5 heteroatoms. The lowest BCUT2D eigenvalue weighted by Gasteiger charge is -2.35. The summed E-state index contributed by atoms with van der Waals surface area (Å²) in [6, 6.07) is 17.8. The Kier molecular flexibility index (Phi) is 7.34. The summed E-state index contributed by atoms with van der Waals surface area (Å²) in [5.41, 5.74) is 2.96. The molecule has 1 saturated heterocycles. The van der Waals surface area contributed by atoms with Crippen LogP contribution in [0.3, 0.4) is 0 Å². The smallest absolute Gasteiger partial charge is 0.220 e. The number of ether oxygens (including phenoxy) is 1. The highest BCUT2D eigenvalue weighted by Crippen LogP contribution is 2.21. The fourth-order valence-electron chi connectivity index (χ4n) is 3.43. The maximum Gasteiger partial charge on any atom is 0.220 e. The number of nitrogens with zero attached hydrogens (tertiary/aromatic N) is 1. The van der Waals surface area contributed by atoms with Crippen molar-refractivity contribution in [2.75, 3.05) is 32.8 Å².